The molecule has 0 aliphatic carbocycles. The van der Waals surface area contributed by atoms with E-state index in [0.717, 1.165) is 25.8 Å². The maximum atomic E-state index is 4.84. The molecular formula is C28H41N. The first-order chi connectivity index (χ1) is 13.7. The van der Waals surface area contributed by atoms with E-state index in [0.29, 0.717) is 17.8 Å². The third-order valence-electron chi connectivity index (χ3n) is 6.14. The highest BCUT2D eigenvalue weighted by Gasteiger charge is 2.18. The molecule has 29 heavy (non-hydrogen) atoms. The Balaban J connectivity index is 2.31. The number of benzene rings is 1. The summed E-state index contributed by atoms with van der Waals surface area (Å²) in [5, 5.41) is 0. The zero-order valence-corrected chi connectivity index (χ0v) is 20.0. The van der Waals surface area contributed by atoms with Gasteiger partial charge in [-0.05, 0) is 87.0 Å². The summed E-state index contributed by atoms with van der Waals surface area (Å²) in [6.07, 6.45) is 12.4. The van der Waals surface area contributed by atoms with Gasteiger partial charge in [-0.2, -0.15) is 0 Å². The van der Waals surface area contributed by atoms with E-state index in [-0.39, 0.29) is 0 Å². The van der Waals surface area contributed by atoms with Crippen molar-refractivity contribution >= 4 is 5.71 Å². The molecule has 2 unspecified atom stereocenters. The largest absolute Gasteiger partial charge is 0.289 e. The van der Waals surface area contributed by atoms with Gasteiger partial charge < -0.3 is 0 Å². The molecule has 2 rings (SSSR count). The SMILES string of the molecule is CC=CC(C)C(C)c1c(C)cc(C)cc1C/C=C\C1=C(C)CCN=C1CC(C)C. The molecule has 0 aromatic heterocycles. The lowest BCUT2D eigenvalue weighted by Crippen LogP contribution is -2.13. The molecule has 0 saturated carbocycles. The molecular weight excluding hydrogens is 350 g/mol. The number of rotatable bonds is 8. The number of allylic oxidation sites excluding steroid dienone is 5. The molecule has 0 spiro atoms. The first-order valence-electron chi connectivity index (χ1n) is 11.4. The van der Waals surface area contributed by atoms with Crippen molar-refractivity contribution in [2.75, 3.05) is 6.54 Å². The lowest BCUT2D eigenvalue weighted by Gasteiger charge is -2.23. The van der Waals surface area contributed by atoms with Gasteiger partial charge in [-0.3, -0.25) is 4.99 Å². The van der Waals surface area contributed by atoms with Gasteiger partial charge in [0.05, 0.1) is 0 Å². The molecule has 0 fully saturated rings. The van der Waals surface area contributed by atoms with Gasteiger partial charge in [-0.15, -0.1) is 0 Å². The molecule has 0 amide bonds. The minimum absolute atomic E-state index is 0.517. The summed E-state index contributed by atoms with van der Waals surface area (Å²) in [6, 6.07) is 4.72. The molecule has 1 heterocycles. The van der Waals surface area contributed by atoms with E-state index in [1.165, 1.54) is 39.1 Å². The van der Waals surface area contributed by atoms with E-state index in [4.69, 9.17) is 4.99 Å². The van der Waals surface area contributed by atoms with E-state index in [2.05, 4.69) is 91.8 Å². The Morgan fingerprint density at radius 2 is 1.79 bits per heavy atom. The van der Waals surface area contributed by atoms with Gasteiger partial charge in [0.25, 0.3) is 0 Å². The first-order valence-corrected chi connectivity index (χ1v) is 11.4. The summed E-state index contributed by atoms with van der Waals surface area (Å²) in [5.41, 5.74) is 9.95. The Bertz CT molecular complexity index is 817. The van der Waals surface area contributed by atoms with Crippen LogP contribution in [0.5, 0.6) is 0 Å². The van der Waals surface area contributed by atoms with Gasteiger partial charge in [0, 0.05) is 12.3 Å². The summed E-state index contributed by atoms with van der Waals surface area (Å²) >= 11 is 0. The fraction of sp³-hybridized carbons (Fsp3) is 0.536. The van der Waals surface area contributed by atoms with Crippen LogP contribution in [0.1, 0.15) is 82.6 Å². The molecule has 158 valence electrons. The van der Waals surface area contributed by atoms with E-state index in [1.807, 2.05) is 0 Å². The standard InChI is InChI=1S/C28H41N/c1-9-11-21(5)24(8)28-23(7)17-20(4)18-25(28)12-10-13-26-22(6)14-15-29-27(26)16-19(2)3/h9-11,13,17-19,21,24H,12,14-16H2,1-8H3/b11-9?,13-10-. The second-order valence-corrected chi connectivity index (χ2v) is 9.31. The minimum Gasteiger partial charge on any atom is -0.289 e. The molecule has 0 N–H and O–H groups in total. The van der Waals surface area contributed by atoms with Gasteiger partial charge in [-0.25, -0.2) is 0 Å². The summed E-state index contributed by atoms with van der Waals surface area (Å²) in [4.78, 5) is 4.84. The molecule has 1 aromatic rings. The molecule has 0 saturated heterocycles. The van der Waals surface area contributed by atoms with Crippen LogP contribution in [0, 0.1) is 25.7 Å². The quantitative estimate of drug-likeness (QED) is 0.399. The smallest absolute Gasteiger partial charge is 0.0430 e. The van der Waals surface area contributed by atoms with Gasteiger partial charge in [0.15, 0.2) is 0 Å². The van der Waals surface area contributed by atoms with Crippen LogP contribution < -0.4 is 0 Å². The Morgan fingerprint density at radius 1 is 1.07 bits per heavy atom. The fourth-order valence-electron chi connectivity index (χ4n) is 4.55. The summed E-state index contributed by atoms with van der Waals surface area (Å²) < 4.78 is 0. The second-order valence-electron chi connectivity index (χ2n) is 9.31. The molecule has 1 aromatic carbocycles. The van der Waals surface area contributed by atoms with Crippen molar-refractivity contribution in [2.45, 2.75) is 80.6 Å². The third-order valence-corrected chi connectivity index (χ3v) is 6.14. The minimum atomic E-state index is 0.517. The molecule has 1 aliphatic heterocycles. The van der Waals surface area contributed by atoms with Crippen LogP contribution in [0.15, 0.2) is 52.6 Å². The van der Waals surface area contributed by atoms with Crippen molar-refractivity contribution < 1.29 is 0 Å². The van der Waals surface area contributed by atoms with Crippen molar-refractivity contribution in [1.29, 1.82) is 0 Å². The van der Waals surface area contributed by atoms with Gasteiger partial charge in [0.2, 0.25) is 0 Å². The van der Waals surface area contributed by atoms with Gasteiger partial charge in [0.1, 0.15) is 0 Å². The monoisotopic (exact) mass is 391 g/mol. The Morgan fingerprint density at radius 3 is 2.45 bits per heavy atom. The number of hydrogen-bond donors (Lipinski definition) is 0. The van der Waals surface area contributed by atoms with E-state index >= 15 is 0 Å². The number of aliphatic imine (C=N–C) groups is 1. The molecule has 0 bridgehead atoms. The third kappa shape index (κ3) is 6.29. The second kappa shape index (κ2) is 10.8. The van der Waals surface area contributed by atoms with Crippen molar-refractivity contribution in [2.24, 2.45) is 16.8 Å². The highest BCUT2D eigenvalue weighted by Crippen LogP contribution is 2.32. The van der Waals surface area contributed by atoms with Crippen LogP contribution in [0.25, 0.3) is 0 Å². The van der Waals surface area contributed by atoms with Crippen LogP contribution in [0.2, 0.25) is 0 Å². The number of nitrogens with zero attached hydrogens (tertiary/aromatic N) is 1. The summed E-state index contributed by atoms with van der Waals surface area (Å²) in [5.74, 6) is 1.70. The number of hydrogen-bond acceptors (Lipinski definition) is 1. The molecule has 0 radical (unpaired) electrons. The molecule has 1 aliphatic rings. The van der Waals surface area contributed by atoms with Crippen molar-refractivity contribution in [3.63, 3.8) is 0 Å². The average Bonchev–Trinajstić information content (AvgIpc) is 2.63. The predicted molar refractivity (Wildman–Crippen MR) is 130 cm³/mol. The number of aryl methyl sites for hydroxylation is 2. The molecule has 2 atom stereocenters. The zero-order chi connectivity index (χ0) is 21.6. The highest BCUT2D eigenvalue weighted by molar-refractivity contribution is 6.03. The van der Waals surface area contributed by atoms with Crippen LogP contribution >= 0.6 is 0 Å². The lowest BCUT2D eigenvalue weighted by atomic mass is 9.81. The number of dihydropyridines is 1. The zero-order valence-electron chi connectivity index (χ0n) is 20.0. The summed E-state index contributed by atoms with van der Waals surface area (Å²) in [6.45, 7) is 19.1. The van der Waals surface area contributed by atoms with Crippen LogP contribution in [0.4, 0.5) is 0 Å². The van der Waals surface area contributed by atoms with Gasteiger partial charge >= 0.3 is 0 Å². The van der Waals surface area contributed by atoms with Gasteiger partial charge in [-0.1, -0.05) is 75.3 Å². The normalized spacial score (nSPS) is 17.5. The Kier molecular flexibility index (Phi) is 8.68. The fourth-order valence-corrected chi connectivity index (χ4v) is 4.55. The maximum absolute atomic E-state index is 4.84. The predicted octanol–water partition coefficient (Wildman–Crippen LogP) is 7.93. The van der Waals surface area contributed by atoms with E-state index in [9.17, 15) is 0 Å². The maximum Gasteiger partial charge on any atom is 0.0430 e. The Labute approximate surface area is 179 Å². The Hall–Kier alpha value is -1.89. The van der Waals surface area contributed by atoms with Crippen molar-refractivity contribution in [3.05, 3.63) is 69.8 Å². The summed E-state index contributed by atoms with van der Waals surface area (Å²) in [7, 11) is 0. The first kappa shape index (κ1) is 23.4. The highest BCUT2D eigenvalue weighted by atomic mass is 14.7. The van der Waals surface area contributed by atoms with Crippen LogP contribution in [-0.4, -0.2) is 12.3 Å². The molecule has 1 nitrogen and oxygen atoms in total. The van der Waals surface area contributed by atoms with E-state index < -0.39 is 0 Å². The van der Waals surface area contributed by atoms with Crippen LogP contribution in [0.3, 0.4) is 0 Å². The lowest BCUT2D eigenvalue weighted by molar-refractivity contribution is 0.583. The average molecular weight is 392 g/mol. The molecule has 1 heteroatoms. The van der Waals surface area contributed by atoms with Crippen molar-refractivity contribution in [1.82, 2.24) is 0 Å². The van der Waals surface area contributed by atoms with E-state index in [1.54, 1.807) is 0 Å². The topological polar surface area (TPSA) is 12.4 Å². The van der Waals surface area contributed by atoms with Crippen LogP contribution in [-0.2, 0) is 6.42 Å². The van der Waals surface area contributed by atoms with Crippen molar-refractivity contribution in [3.8, 4) is 0 Å².